The second kappa shape index (κ2) is 6.17. The molecule has 3 heteroatoms. The molecule has 2 nitrogen and oxygen atoms in total. The van der Waals surface area contributed by atoms with Crippen LogP contribution in [-0.4, -0.2) is 24.0 Å². The van der Waals surface area contributed by atoms with Gasteiger partial charge in [-0.1, -0.05) is 60.8 Å². The van der Waals surface area contributed by atoms with Gasteiger partial charge in [-0.2, -0.15) is 0 Å². The summed E-state index contributed by atoms with van der Waals surface area (Å²) in [5.74, 6) is 0. The van der Waals surface area contributed by atoms with Crippen LogP contribution in [0.1, 0.15) is 45.1 Å². The second-order valence-corrected chi connectivity index (χ2v) is 7.63. The van der Waals surface area contributed by atoms with Crippen LogP contribution in [0.5, 0.6) is 0 Å². The largest absolute Gasteiger partial charge is 0.329 e. The van der Waals surface area contributed by atoms with E-state index in [-0.39, 0.29) is 11.0 Å². The minimum Gasteiger partial charge on any atom is -0.329 e. The van der Waals surface area contributed by atoms with E-state index < -0.39 is 0 Å². The van der Waals surface area contributed by atoms with Crippen LogP contribution < -0.4 is 5.73 Å². The van der Waals surface area contributed by atoms with E-state index in [4.69, 9.17) is 5.73 Å². The summed E-state index contributed by atoms with van der Waals surface area (Å²) in [6, 6.07) is 8.48. The quantitative estimate of drug-likeness (QED) is 0.892. The van der Waals surface area contributed by atoms with E-state index in [2.05, 4.69) is 66.0 Å². The number of nitrogens with zero attached hydrogens (tertiary/aromatic N) is 1. The van der Waals surface area contributed by atoms with Crippen LogP contribution in [0.2, 0.25) is 0 Å². The van der Waals surface area contributed by atoms with Gasteiger partial charge in [0, 0.05) is 23.1 Å². The number of halogens is 1. The van der Waals surface area contributed by atoms with E-state index in [9.17, 15) is 0 Å². The molecule has 1 aromatic carbocycles. The molecule has 1 aliphatic rings. The topological polar surface area (TPSA) is 29.3 Å². The van der Waals surface area contributed by atoms with Crippen molar-refractivity contribution in [3.8, 4) is 0 Å². The van der Waals surface area contributed by atoms with Crippen molar-refractivity contribution in [1.82, 2.24) is 4.90 Å². The molecule has 20 heavy (non-hydrogen) atoms. The Kier molecular flexibility index (Phi) is 4.93. The van der Waals surface area contributed by atoms with Gasteiger partial charge in [0.05, 0.1) is 0 Å². The summed E-state index contributed by atoms with van der Waals surface area (Å²) in [6.45, 7) is 6.45. The molecule has 1 atom stereocenters. The van der Waals surface area contributed by atoms with Crippen molar-refractivity contribution in [2.75, 3.05) is 13.6 Å². The summed E-state index contributed by atoms with van der Waals surface area (Å²) in [5.41, 5.74) is 7.98. The Hall–Kier alpha value is -0.380. The lowest BCUT2D eigenvalue weighted by atomic mass is 9.62. The number of rotatable bonds is 4. The first kappa shape index (κ1) is 16.0. The normalized spacial score (nSPS) is 25.9. The second-order valence-electron chi connectivity index (χ2n) is 6.77. The lowest BCUT2D eigenvalue weighted by molar-refractivity contribution is -0.0335. The van der Waals surface area contributed by atoms with Crippen LogP contribution in [-0.2, 0) is 6.54 Å². The average molecular weight is 339 g/mol. The number of hydrogen-bond acceptors (Lipinski definition) is 2. The zero-order chi connectivity index (χ0) is 14.8. The highest BCUT2D eigenvalue weighted by molar-refractivity contribution is 9.10. The molecule has 0 aromatic heterocycles. The van der Waals surface area contributed by atoms with E-state index in [1.165, 1.54) is 35.7 Å². The zero-order valence-electron chi connectivity index (χ0n) is 13.0. The molecule has 112 valence electrons. The first-order chi connectivity index (χ1) is 9.43. The Morgan fingerprint density at radius 2 is 1.85 bits per heavy atom. The third-order valence-corrected chi connectivity index (χ3v) is 6.11. The smallest absolute Gasteiger partial charge is 0.0383 e. The Morgan fingerprint density at radius 3 is 2.45 bits per heavy atom. The van der Waals surface area contributed by atoms with Crippen LogP contribution in [0.15, 0.2) is 28.7 Å². The van der Waals surface area contributed by atoms with Crippen molar-refractivity contribution < 1.29 is 0 Å². The number of hydrogen-bond donors (Lipinski definition) is 1. The molecule has 0 radical (unpaired) electrons. The molecule has 0 bridgehead atoms. The molecule has 2 N–H and O–H groups in total. The summed E-state index contributed by atoms with van der Waals surface area (Å²) in [7, 11) is 2.24. The minimum atomic E-state index is 0.112. The highest BCUT2D eigenvalue weighted by Gasteiger charge is 2.48. The van der Waals surface area contributed by atoms with Crippen molar-refractivity contribution in [3.63, 3.8) is 0 Å². The van der Waals surface area contributed by atoms with E-state index in [0.29, 0.717) is 0 Å². The molecule has 1 saturated carbocycles. The molecule has 1 unspecified atom stereocenters. The number of likely N-dealkylation sites (N-methyl/N-ethyl adjacent to an activating group) is 1. The molecule has 1 aromatic rings. The van der Waals surface area contributed by atoms with Crippen LogP contribution in [0.4, 0.5) is 0 Å². The SMILES string of the molecule is CN(Cc1ccccc1Br)C1(CN)CCCCC1(C)C. The van der Waals surface area contributed by atoms with Gasteiger partial charge in [-0.15, -0.1) is 0 Å². The fraction of sp³-hybridized carbons (Fsp3) is 0.647. The molecule has 1 aliphatic carbocycles. The Morgan fingerprint density at radius 1 is 1.20 bits per heavy atom. The maximum atomic E-state index is 6.25. The third-order valence-electron chi connectivity index (χ3n) is 5.34. The fourth-order valence-corrected chi connectivity index (χ4v) is 4.24. The number of nitrogens with two attached hydrogens (primary N) is 1. The van der Waals surface area contributed by atoms with E-state index in [1.54, 1.807) is 0 Å². The van der Waals surface area contributed by atoms with Crippen molar-refractivity contribution in [2.24, 2.45) is 11.1 Å². The van der Waals surface area contributed by atoms with E-state index in [0.717, 1.165) is 13.1 Å². The summed E-state index contributed by atoms with van der Waals surface area (Å²) in [5, 5.41) is 0. The van der Waals surface area contributed by atoms with Crippen LogP contribution in [0.25, 0.3) is 0 Å². The minimum absolute atomic E-state index is 0.112. The van der Waals surface area contributed by atoms with Gasteiger partial charge in [0.15, 0.2) is 0 Å². The van der Waals surface area contributed by atoms with Crippen molar-refractivity contribution in [1.29, 1.82) is 0 Å². The first-order valence-corrected chi connectivity index (χ1v) is 8.37. The molecule has 0 heterocycles. The molecular weight excluding hydrogens is 312 g/mol. The molecular formula is C17H27BrN2. The Labute approximate surface area is 131 Å². The predicted octanol–water partition coefficient (Wildman–Crippen LogP) is 4.18. The van der Waals surface area contributed by atoms with Gasteiger partial charge in [0.1, 0.15) is 0 Å². The van der Waals surface area contributed by atoms with Crippen molar-refractivity contribution in [2.45, 2.75) is 51.6 Å². The van der Waals surface area contributed by atoms with Crippen LogP contribution in [0.3, 0.4) is 0 Å². The number of benzene rings is 1. The Balaban J connectivity index is 2.25. The van der Waals surface area contributed by atoms with Crippen LogP contribution >= 0.6 is 15.9 Å². The highest BCUT2D eigenvalue weighted by Crippen LogP contribution is 2.47. The van der Waals surface area contributed by atoms with E-state index in [1.807, 2.05) is 0 Å². The third kappa shape index (κ3) is 2.81. The zero-order valence-corrected chi connectivity index (χ0v) is 14.5. The fourth-order valence-electron chi connectivity index (χ4n) is 3.83. The van der Waals surface area contributed by atoms with Gasteiger partial charge in [-0.3, -0.25) is 4.90 Å². The van der Waals surface area contributed by atoms with Gasteiger partial charge >= 0.3 is 0 Å². The standard InChI is InChI=1S/C17H27BrN2/c1-16(2)10-6-7-11-17(16,13-19)20(3)12-14-8-4-5-9-15(14)18/h4-5,8-9H,6-7,10-13,19H2,1-3H3. The van der Waals surface area contributed by atoms with Crippen LogP contribution in [0, 0.1) is 5.41 Å². The maximum Gasteiger partial charge on any atom is 0.0383 e. The molecule has 0 saturated heterocycles. The van der Waals surface area contributed by atoms with Crippen molar-refractivity contribution in [3.05, 3.63) is 34.3 Å². The summed E-state index contributed by atoms with van der Waals surface area (Å²) < 4.78 is 1.19. The molecule has 0 aliphatic heterocycles. The molecule has 1 fully saturated rings. The Bertz CT molecular complexity index is 458. The molecule has 0 spiro atoms. The van der Waals surface area contributed by atoms with Crippen molar-refractivity contribution >= 4 is 15.9 Å². The monoisotopic (exact) mass is 338 g/mol. The van der Waals surface area contributed by atoms with Gasteiger partial charge < -0.3 is 5.73 Å². The first-order valence-electron chi connectivity index (χ1n) is 7.58. The summed E-state index contributed by atoms with van der Waals surface area (Å²) in [4.78, 5) is 2.49. The summed E-state index contributed by atoms with van der Waals surface area (Å²) in [6.07, 6.45) is 5.10. The van der Waals surface area contributed by atoms with Gasteiger partial charge in [0.2, 0.25) is 0 Å². The van der Waals surface area contributed by atoms with Gasteiger partial charge in [-0.25, -0.2) is 0 Å². The lowest BCUT2D eigenvalue weighted by Crippen LogP contribution is -2.62. The maximum absolute atomic E-state index is 6.25. The van der Waals surface area contributed by atoms with E-state index >= 15 is 0 Å². The highest BCUT2D eigenvalue weighted by atomic mass is 79.9. The predicted molar refractivity (Wildman–Crippen MR) is 89.6 cm³/mol. The van der Waals surface area contributed by atoms with Gasteiger partial charge in [0.25, 0.3) is 0 Å². The average Bonchev–Trinajstić information content (AvgIpc) is 2.41. The molecule has 0 amide bonds. The lowest BCUT2D eigenvalue weighted by Gasteiger charge is -2.55. The summed E-state index contributed by atoms with van der Waals surface area (Å²) >= 11 is 3.66. The molecule has 2 rings (SSSR count). The van der Waals surface area contributed by atoms with Gasteiger partial charge in [-0.05, 0) is 36.9 Å².